The van der Waals surface area contributed by atoms with Gasteiger partial charge >= 0.3 is 6.18 Å². The molecular formula is C15H14ClF3N4O2S. The van der Waals surface area contributed by atoms with Crippen molar-refractivity contribution in [1.82, 2.24) is 19.2 Å². The highest BCUT2D eigenvalue weighted by atomic mass is 35.5. The number of aliphatic hydroxyl groups excluding tert-OH is 1. The molecular weight excluding hydrogens is 393 g/mol. The lowest BCUT2D eigenvalue weighted by atomic mass is 10.1. The molecule has 3 heterocycles. The summed E-state index contributed by atoms with van der Waals surface area (Å²) < 4.78 is 40.5. The van der Waals surface area contributed by atoms with E-state index in [4.69, 9.17) is 11.6 Å². The first kappa shape index (κ1) is 18.9. The Morgan fingerprint density at radius 3 is 2.65 bits per heavy atom. The fourth-order valence-electron chi connectivity index (χ4n) is 2.68. The van der Waals surface area contributed by atoms with Gasteiger partial charge in [0.1, 0.15) is 5.15 Å². The Balaban J connectivity index is 2.03. The fourth-order valence-corrected chi connectivity index (χ4v) is 3.99. The fraction of sp³-hybridized carbons (Fsp3) is 0.400. The molecule has 6 nitrogen and oxygen atoms in total. The van der Waals surface area contributed by atoms with Crippen LogP contribution in [0.4, 0.5) is 13.2 Å². The van der Waals surface area contributed by atoms with Gasteiger partial charge in [-0.3, -0.25) is 9.20 Å². The van der Waals surface area contributed by atoms with E-state index >= 15 is 0 Å². The van der Waals surface area contributed by atoms with Gasteiger partial charge in [-0.2, -0.15) is 18.3 Å². The van der Waals surface area contributed by atoms with E-state index in [-0.39, 0.29) is 35.5 Å². The molecule has 0 saturated carbocycles. The van der Waals surface area contributed by atoms with Crippen molar-refractivity contribution in [2.45, 2.75) is 32.5 Å². The molecule has 140 valence electrons. The Kier molecular flexibility index (Phi) is 4.84. The molecule has 0 saturated heterocycles. The molecule has 11 heteroatoms. The monoisotopic (exact) mass is 406 g/mol. The average Bonchev–Trinajstić information content (AvgIpc) is 3.07. The third-order valence-corrected chi connectivity index (χ3v) is 5.14. The highest BCUT2D eigenvalue weighted by Gasteiger charge is 2.34. The summed E-state index contributed by atoms with van der Waals surface area (Å²) in [5, 5.41) is 12.6. The van der Waals surface area contributed by atoms with E-state index in [0.717, 1.165) is 15.6 Å². The quantitative estimate of drug-likeness (QED) is 0.722. The minimum Gasteiger partial charge on any atom is -0.396 e. The Labute approximate surface area is 154 Å². The summed E-state index contributed by atoms with van der Waals surface area (Å²) in [5.74, 6) is -0.246. The molecule has 3 aromatic rings. The Hall–Kier alpha value is -1.91. The van der Waals surface area contributed by atoms with Crippen molar-refractivity contribution in [3.63, 3.8) is 0 Å². The molecule has 0 bridgehead atoms. The smallest absolute Gasteiger partial charge is 0.396 e. The van der Waals surface area contributed by atoms with Gasteiger partial charge < -0.3 is 5.11 Å². The second-order valence-corrected chi connectivity index (χ2v) is 7.41. The standard InChI is InChI=1S/C15H14ClF3N4O2S/c1-7(6-24)13-8(2)26-14-20-9(3-12(25)23(13)14)5-22-11(16)4-10(21-22)15(17,18)19/h3-4,7,24H,5-6H2,1-2H3. The number of aryl methyl sites for hydroxylation is 1. The van der Waals surface area contributed by atoms with Crippen LogP contribution in [-0.2, 0) is 12.7 Å². The number of nitrogens with zero attached hydrogens (tertiary/aromatic N) is 4. The van der Waals surface area contributed by atoms with Crippen molar-refractivity contribution in [2.24, 2.45) is 0 Å². The number of hydrogen-bond acceptors (Lipinski definition) is 5. The molecule has 0 aromatic carbocycles. The predicted octanol–water partition coefficient (Wildman–Crippen LogP) is 3.08. The van der Waals surface area contributed by atoms with Gasteiger partial charge in [0.15, 0.2) is 10.7 Å². The largest absolute Gasteiger partial charge is 0.435 e. The maximum atomic E-state index is 12.7. The number of thiazole rings is 1. The van der Waals surface area contributed by atoms with Gasteiger partial charge in [0.05, 0.1) is 18.8 Å². The lowest BCUT2D eigenvalue weighted by Crippen LogP contribution is -2.20. The van der Waals surface area contributed by atoms with Crippen LogP contribution in [0.5, 0.6) is 0 Å². The van der Waals surface area contributed by atoms with E-state index < -0.39 is 11.9 Å². The highest BCUT2D eigenvalue weighted by molar-refractivity contribution is 7.17. The van der Waals surface area contributed by atoms with Crippen molar-refractivity contribution < 1.29 is 18.3 Å². The summed E-state index contributed by atoms with van der Waals surface area (Å²) in [7, 11) is 0. The number of halogens is 4. The van der Waals surface area contributed by atoms with E-state index in [1.807, 2.05) is 6.92 Å². The third-order valence-electron chi connectivity index (χ3n) is 3.86. The summed E-state index contributed by atoms with van der Waals surface area (Å²) in [5.41, 5.74) is -0.554. The molecule has 0 spiro atoms. The molecule has 0 aliphatic heterocycles. The van der Waals surface area contributed by atoms with Crippen LogP contribution in [0.2, 0.25) is 5.15 Å². The van der Waals surface area contributed by atoms with Crippen LogP contribution in [0.25, 0.3) is 4.96 Å². The van der Waals surface area contributed by atoms with Crippen molar-refractivity contribution in [1.29, 1.82) is 0 Å². The Morgan fingerprint density at radius 2 is 2.08 bits per heavy atom. The van der Waals surface area contributed by atoms with Crippen molar-refractivity contribution in [2.75, 3.05) is 6.61 Å². The molecule has 0 fully saturated rings. The minimum absolute atomic E-state index is 0.121. The molecule has 3 rings (SSSR count). The van der Waals surface area contributed by atoms with Crippen LogP contribution < -0.4 is 5.56 Å². The molecule has 0 aliphatic rings. The van der Waals surface area contributed by atoms with Gasteiger partial charge in [0.2, 0.25) is 0 Å². The number of fused-ring (bicyclic) bond motifs is 1. The summed E-state index contributed by atoms with van der Waals surface area (Å²) in [6.45, 7) is 3.32. The molecule has 3 aromatic heterocycles. The molecule has 26 heavy (non-hydrogen) atoms. The molecule has 0 radical (unpaired) electrons. The molecule has 1 unspecified atom stereocenters. The van der Waals surface area contributed by atoms with E-state index in [0.29, 0.717) is 10.7 Å². The number of alkyl halides is 3. The van der Waals surface area contributed by atoms with Crippen LogP contribution in [0.3, 0.4) is 0 Å². The van der Waals surface area contributed by atoms with Gasteiger partial charge in [-0.15, -0.1) is 11.3 Å². The van der Waals surface area contributed by atoms with Crippen LogP contribution >= 0.6 is 22.9 Å². The highest BCUT2D eigenvalue weighted by Crippen LogP contribution is 2.30. The summed E-state index contributed by atoms with van der Waals surface area (Å²) in [4.78, 5) is 18.1. The maximum absolute atomic E-state index is 12.7. The van der Waals surface area contributed by atoms with E-state index in [1.165, 1.54) is 21.8 Å². The minimum atomic E-state index is -4.61. The van der Waals surface area contributed by atoms with Gasteiger partial charge in [0.25, 0.3) is 5.56 Å². The first-order valence-corrected chi connectivity index (χ1v) is 8.74. The average molecular weight is 407 g/mol. The number of aliphatic hydroxyl groups is 1. The van der Waals surface area contributed by atoms with Gasteiger partial charge in [-0.1, -0.05) is 18.5 Å². The van der Waals surface area contributed by atoms with Gasteiger partial charge in [0, 0.05) is 28.6 Å². The topological polar surface area (TPSA) is 72.4 Å². The van der Waals surface area contributed by atoms with E-state index in [2.05, 4.69) is 10.1 Å². The zero-order chi connectivity index (χ0) is 19.2. The van der Waals surface area contributed by atoms with Crippen LogP contribution in [0, 0.1) is 6.92 Å². The molecule has 0 amide bonds. The zero-order valence-electron chi connectivity index (χ0n) is 13.7. The van der Waals surface area contributed by atoms with E-state index in [9.17, 15) is 23.1 Å². The van der Waals surface area contributed by atoms with Gasteiger partial charge in [-0.25, -0.2) is 9.67 Å². The summed E-state index contributed by atoms with van der Waals surface area (Å²) in [6, 6.07) is 1.96. The first-order valence-electron chi connectivity index (χ1n) is 7.55. The Morgan fingerprint density at radius 1 is 1.38 bits per heavy atom. The predicted molar refractivity (Wildman–Crippen MR) is 90.9 cm³/mol. The first-order chi connectivity index (χ1) is 12.1. The SMILES string of the molecule is Cc1sc2nc(Cn3nc(C(F)(F)F)cc3Cl)cc(=O)n2c1C(C)CO. The van der Waals surface area contributed by atoms with E-state index in [1.54, 1.807) is 6.92 Å². The van der Waals surface area contributed by atoms with Crippen molar-refractivity contribution in [3.05, 3.63) is 49.6 Å². The second-order valence-electron chi connectivity index (χ2n) is 5.84. The van der Waals surface area contributed by atoms with Crippen molar-refractivity contribution in [3.8, 4) is 0 Å². The normalized spacial score (nSPS) is 13.5. The third kappa shape index (κ3) is 3.36. The second kappa shape index (κ2) is 6.67. The lowest BCUT2D eigenvalue weighted by molar-refractivity contribution is -0.141. The summed E-state index contributed by atoms with van der Waals surface area (Å²) >= 11 is 7.09. The molecule has 1 N–H and O–H groups in total. The lowest BCUT2D eigenvalue weighted by Gasteiger charge is -2.09. The Bertz CT molecular complexity index is 1020. The van der Waals surface area contributed by atoms with Crippen LogP contribution in [0.15, 0.2) is 16.9 Å². The molecule has 0 aliphatic carbocycles. The number of hydrogen-bond donors (Lipinski definition) is 1. The number of rotatable bonds is 4. The van der Waals surface area contributed by atoms with Crippen molar-refractivity contribution >= 4 is 27.9 Å². The number of aromatic nitrogens is 4. The zero-order valence-corrected chi connectivity index (χ0v) is 15.3. The van der Waals surface area contributed by atoms with Crippen LogP contribution in [-0.4, -0.2) is 30.9 Å². The summed E-state index contributed by atoms with van der Waals surface area (Å²) in [6.07, 6.45) is -4.61. The van der Waals surface area contributed by atoms with Gasteiger partial charge in [-0.05, 0) is 6.92 Å². The van der Waals surface area contributed by atoms with Crippen LogP contribution in [0.1, 0.15) is 34.8 Å². The maximum Gasteiger partial charge on any atom is 0.435 e. The molecule has 1 atom stereocenters.